The fourth-order valence-corrected chi connectivity index (χ4v) is 5.81. The van der Waals surface area contributed by atoms with Crippen molar-refractivity contribution in [1.82, 2.24) is 30.0 Å². The fraction of sp³-hybridized carbons (Fsp3) is 0.480. The van der Waals surface area contributed by atoms with E-state index in [1.807, 2.05) is 18.3 Å². The maximum absolute atomic E-state index is 6.43. The first-order valence-electron chi connectivity index (χ1n) is 12.1. The molecule has 6 rings (SSSR count). The lowest BCUT2D eigenvalue weighted by Crippen LogP contribution is -2.36. The molecule has 8 heteroatoms. The molecule has 0 bridgehead atoms. The van der Waals surface area contributed by atoms with E-state index in [0.29, 0.717) is 12.0 Å². The van der Waals surface area contributed by atoms with Gasteiger partial charge in [0.25, 0.3) is 0 Å². The third-order valence-corrected chi connectivity index (χ3v) is 7.51. The van der Waals surface area contributed by atoms with Crippen molar-refractivity contribution in [3.05, 3.63) is 64.8 Å². The summed E-state index contributed by atoms with van der Waals surface area (Å²) in [5, 5.41) is 13.9. The lowest BCUT2D eigenvalue weighted by atomic mass is 9.95. The molecule has 0 amide bonds. The molecular formula is C25H30ClN7. The van der Waals surface area contributed by atoms with Crippen molar-refractivity contribution in [3.63, 3.8) is 0 Å². The van der Waals surface area contributed by atoms with Crippen LogP contribution in [0, 0.1) is 0 Å². The SMILES string of the molecule is Clc1ccc2c(c1)CN(C[C@@H]1CCCN1)Cc1nnc(C3CCN(c4ccccn4)CC3)n1-2. The minimum Gasteiger partial charge on any atom is -0.357 e. The summed E-state index contributed by atoms with van der Waals surface area (Å²) in [6, 6.07) is 12.9. The van der Waals surface area contributed by atoms with Crippen LogP contribution in [0.1, 0.15) is 48.8 Å². The van der Waals surface area contributed by atoms with Crippen LogP contribution in [0.3, 0.4) is 0 Å². The Kier molecular flexibility index (Phi) is 5.78. The zero-order chi connectivity index (χ0) is 22.2. The van der Waals surface area contributed by atoms with Gasteiger partial charge in [-0.3, -0.25) is 9.47 Å². The van der Waals surface area contributed by atoms with Crippen molar-refractivity contribution in [1.29, 1.82) is 0 Å². The third-order valence-electron chi connectivity index (χ3n) is 7.27. The summed E-state index contributed by atoms with van der Waals surface area (Å²) in [6.07, 6.45) is 6.47. The first-order chi connectivity index (χ1) is 16.2. The molecule has 0 unspecified atom stereocenters. The topological polar surface area (TPSA) is 62.1 Å². The van der Waals surface area contributed by atoms with E-state index in [0.717, 1.165) is 74.6 Å². The number of rotatable bonds is 4. The standard InChI is InChI=1S/C25H30ClN7/c26-20-6-7-22-19(14-20)15-31(16-21-4-3-11-27-21)17-24-29-30-25(33(22)24)18-8-12-32(13-9-18)23-5-1-2-10-28-23/h1-2,5-7,10,14,18,21,27H,3-4,8-9,11-13,15-17H2/t21-/m0/s1. The number of hydrogen-bond acceptors (Lipinski definition) is 6. The molecule has 172 valence electrons. The summed E-state index contributed by atoms with van der Waals surface area (Å²) in [6.45, 7) is 5.81. The highest BCUT2D eigenvalue weighted by molar-refractivity contribution is 6.30. The summed E-state index contributed by atoms with van der Waals surface area (Å²) in [4.78, 5) is 9.41. The molecule has 0 spiro atoms. The number of nitrogens with one attached hydrogen (secondary N) is 1. The third kappa shape index (κ3) is 4.25. The van der Waals surface area contributed by atoms with E-state index in [4.69, 9.17) is 21.8 Å². The molecule has 5 heterocycles. The van der Waals surface area contributed by atoms with Crippen LogP contribution in [-0.2, 0) is 13.1 Å². The van der Waals surface area contributed by atoms with Gasteiger partial charge in [-0.15, -0.1) is 10.2 Å². The Hall–Kier alpha value is -2.48. The van der Waals surface area contributed by atoms with Crippen molar-refractivity contribution >= 4 is 17.4 Å². The number of benzene rings is 1. The van der Waals surface area contributed by atoms with Crippen LogP contribution in [0.15, 0.2) is 42.6 Å². The highest BCUT2D eigenvalue weighted by atomic mass is 35.5. The molecule has 3 aliphatic rings. The van der Waals surface area contributed by atoms with Crippen molar-refractivity contribution in [2.24, 2.45) is 0 Å². The highest BCUT2D eigenvalue weighted by Gasteiger charge is 2.31. The van der Waals surface area contributed by atoms with E-state index >= 15 is 0 Å². The molecule has 2 aromatic heterocycles. The molecule has 1 atom stereocenters. The predicted molar refractivity (Wildman–Crippen MR) is 130 cm³/mol. The van der Waals surface area contributed by atoms with Crippen molar-refractivity contribution in [3.8, 4) is 5.69 Å². The lowest BCUT2D eigenvalue weighted by molar-refractivity contribution is 0.230. The van der Waals surface area contributed by atoms with Gasteiger partial charge in [0.1, 0.15) is 11.6 Å². The number of anilines is 1. The summed E-state index contributed by atoms with van der Waals surface area (Å²) >= 11 is 6.43. The van der Waals surface area contributed by atoms with Crippen LogP contribution in [0.2, 0.25) is 5.02 Å². The molecule has 1 N–H and O–H groups in total. The van der Waals surface area contributed by atoms with Crippen LogP contribution in [0.4, 0.5) is 5.82 Å². The second-order valence-electron chi connectivity index (χ2n) is 9.50. The maximum Gasteiger partial charge on any atom is 0.151 e. The number of aromatic nitrogens is 4. The van der Waals surface area contributed by atoms with Gasteiger partial charge < -0.3 is 10.2 Å². The van der Waals surface area contributed by atoms with Crippen molar-refractivity contribution in [2.45, 2.75) is 50.7 Å². The Labute approximate surface area is 199 Å². The van der Waals surface area contributed by atoms with Crippen molar-refractivity contribution in [2.75, 3.05) is 31.1 Å². The number of piperidine rings is 1. The Morgan fingerprint density at radius 3 is 2.73 bits per heavy atom. The minimum absolute atomic E-state index is 0.387. The van der Waals surface area contributed by atoms with Gasteiger partial charge in [-0.05, 0) is 68.1 Å². The molecule has 7 nitrogen and oxygen atoms in total. The van der Waals surface area contributed by atoms with Crippen molar-refractivity contribution < 1.29 is 0 Å². The van der Waals surface area contributed by atoms with Crippen LogP contribution in [0.5, 0.6) is 0 Å². The summed E-state index contributed by atoms with van der Waals surface area (Å²) in [5.41, 5.74) is 2.44. The minimum atomic E-state index is 0.387. The summed E-state index contributed by atoms with van der Waals surface area (Å²) in [7, 11) is 0. The van der Waals surface area contributed by atoms with E-state index in [9.17, 15) is 0 Å². The van der Waals surface area contributed by atoms with E-state index < -0.39 is 0 Å². The van der Waals surface area contributed by atoms with Crippen LogP contribution < -0.4 is 10.2 Å². The van der Waals surface area contributed by atoms with E-state index in [1.54, 1.807) is 0 Å². The lowest BCUT2D eigenvalue weighted by Gasteiger charge is -2.32. The van der Waals surface area contributed by atoms with E-state index in [1.165, 1.54) is 24.1 Å². The van der Waals surface area contributed by atoms with Gasteiger partial charge in [0, 0.05) is 49.4 Å². The largest absolute Gasteiger partial charge is 0.357 e. The molecule has 2 saturated heterocycles. The first-order valence-corrected chi connectivity index (χ1v) is 12.5. The van der Waals surface area contributed by atoms with E-state index in [2.05, 4.69) is 48.9 Å². The number of fused-ring (bicyclic) bond motifs is 3. The second-order valence-corrected chi connectivity index (χ2v) is 9.93. The van der Waals surface area contributed by atoms with Gasteiger partial charge >= 0.3 is 0 Å². The zero-order valence-electron chi connectivity index (χ0n) is 18.8. The number of hydrogen-bond donors (Lipinski definition) is 1. The number of pyridine rings is 1. The fourth-order valence-electron chi connectivity index (χ4n) is 5.62. The molecule has 0 radical (unpaired) electrons. The van der Waals surface area contributed by atoms with Crippen LogP contribution in [-0.4, -0.2) is 56.9 Å². The van der Waals surface area contributed by atoms with Gasteiger partial charge in [-0.1, -0.05) is 17.7 Å². The number of halogens is 1. The normalized spacial score (nSPS) is 21.6. The van der Waals surface area contributed by atoms with E-state index in [-0.39, 0.29) is 0 Å². The van der Waals surface area contributed by atoms with Gasteiger partial charge in [0.2, 0.25) is 0 Å². The number of nitrogens with zero attached hydrogens (tertiary/aromatic N) is 6. The van der Waals surface area contributed by atoms with Gasteiger partial charge in [-0.25, -0.2) is 4.98 Å². The van der Waals surface area contributed by atoms with Crippen LogP contribution in [0.25, 0.3) is 5.69 Å². The highest BCUT2D eigenvalue weighted by Crippen LogP contribution is 2.34. The second kappa shape index (κ2) is 9.05. The monoisotopic (exact) mass is 463 g/mol. The molecule has 1 aromatic carbocycles. The first kappa shape index (κ1) is 21.1. The van der Waals surface area contributed by atoms with Gasteiger partial charge in [0.15, 0.2) is 5.82 Å². The molecule has 0 aliphatic carbocycles. The molecule has 3 aliphatic heterocycles. The smallest absolute Gasteiger partial charge is 0.151 e. The maximum atomic E-state index is 6.43. The average molecular weight is 464 g/mol. The molecule has 33 heavy (non-hydrogen) atoms. The Morgan fingerprint density at radius 2 is 1.94 bits per heavy atom. The molecule has 2 fully saturated rings. The Morgan fingerprint density at radius 1 is 1.03 bits per heavy atom. The predicted octanol–water partition coefficient (Wildman–Crippen LogP) is 3.77. The molecular weight excluding hydrogens is 434 g/mol. The Balaban J connectivity index is 1.28. The summed E-state index contributed by atoms with van der Waals surface area (Å²) < 4.78 is 2.33. The molecule has 0 saturated carbocycles. The molecule has 3 aromatic rings. The average Bonchev–Trinajstić information content (AvgIpc) is 3.47. The Bertz CT molecular complexity index is 1100. The van der Waals surface area contributed by atoms with Gasteiger partial charge in [-0.2, -0.15) is 0 Å². The zero-order valence-corrected chi connectivity index (χ0v) is 19.6. The van der Waals surface area contributed by atoms with Crippen LogP contribution >= 0.6 is 11.6 Å². The summed E-state index contributed by atoms with van der Waals surface area (Å²) in [5.74, 6) is 3.58. The quantitative estimate of drug-likeness (QED) is 0.635. The van der Waals surface area contributed by atoms with Gasteiger partial charge in [0.05, 0.1) is 12.2 Å².